The SMILES string of the molecule is CN(C)c1ccc(C=C2SC(=O)N(CC(=O)OC(C)(C)C)C2=O)cc1. The van der Waals surface area contributed by atoms with E-state index in [2.05, 4.69) is 0 Å². The van der Waals surface area contributed by atoms with Crippen LogP contribution in [0.3, 0.4) is 0 Å². The van der Waals surface area contributed by atoms with Crippen LogP contribution in [0.1, 0.15) is 26.3 Å². The van der Waals surface area contributed by atoms with Crippen LogP contribution >= 0.6 is 11.8 Å². The number of nitrogens with zero attached hydrogens (tertiary/aromatic N) is 2. The molecule has 1 fully saturated rings. The van der Waals surface area contributed by atoms with Gasteiger partial charge in [-0.3, -0.25) is 19.3 Å². The fourth-order valence-corrected chi connectivity index (χ4v) is 3.00. The summed E-state index contributed by atoms with van der Waals surface area (Å²) >= 11 is 0.827. The van der Waals surface area contributed by atoms with Crippen LogP contribution in [0.25, 0.3) is 6.08 Å². The maximum absolute atomic E-state index is 12.4. The lowest BCUT2D eigenvalue weighted by atomic mass is 10.2. The summed E-state index contributed by atoms with van der Waals surface area (Å²) in [6.45, 7) is 4.82. The minimum Gasteiger partial charge on any atom is -0.459 e. The zero-order chi connectivity index (χ0) is 18.8. The van der Waals surface area contributed by atoms with Crippen LogP contribution in [0, 0.1) is 0 Å². The van der Waals surface area contributed by atoms with E-state index < -0.39 is 22.7 Å². The van der Waals surface area contributed by atoms with Crippen LogP contribution in [0.4, 0.5) is 10.5 Å². The predicted molar refractivity (Wildman–Crippen MR) is 99.3 cm³/mol. The quantitative estimate of drug-likeness (QED) is 0.606. The Bertz CT molecular complexity index is 718. The molecule has 1 aliphatic rings. The second-order valence-electron chi connectivity index (χ2n) is 6.84. The minimum absolute atomic E-state index is 0.297. The van der Waals surface area contributed by atoms with Crippen LogP contribution in [0.2, 0.25) is 0 Å². The number of ether oxygens (including phenoxy) is 1. The first-order chi connectivity index (χ1) is 11.6. The molecule has 1 aromatic carbocycles. The Morgan fingerprint density at radius 2 is 1.80 bits per heavy atom. The summed E-state index contributed by atoms with van der Waals surface area (Å²) in [6, 6.07) is 7.60. The van der Waals surface area contributed by atoms with Crippen molar-refractivity contribution in [3.8, 4) is 0 Å². The average molecular weight is 362 g/mol. The molecular formula is C18H22N2O4S. The molecule has 6 nitrogen and oxygen atoms in total. The van der Waals surface area contributed by atoms with Crippen molar-refractivity contribution in [3.63, 3.8) is 0 Å². The molecule has 1 saturated heterocycles. The number of benzene rings is 1. The van der Waals surface area contributed by atoms with E-state index in [0.29, 0.717) is 4.91 Å². The number of anilines is 1. The summed E-state index contributed by atoms with van der Waals surface area (Å²) < 4.78 is 5.17. The van der Waals surface area contributed by atoms with Crippen LogP contribution in [0.5, 0.6) is 0 Å². The number of imide groups is 1. The summed E-state index contributed by atoms with van der Waals surface area (Å²) in [5, 5.41) is -0.466. The first kappa shape index (κ1) is 19.1. The maximum atomic E-state index is 12.4. The third kappa shape index (κ3) is 5.09. The third-order valence-corrected chi connectivity index (χ3v) is 4.20. The monoisotopic (exact) mass is 362 g/mol. The van der Waals surface area contributed by atoms with E-state index >= 15 is 0 Å². The lowest BCUT2D eigenvalue weighted by Gasteiger charge is -2.21. The second-order valence-corrected chi connectivity index (χ2v) is 7.83. The van der Waals surface area contributed by atoms with Gasteiger partial charge >= 0.3 is 5.97 Å². The Balaban J connectivity index is 2.10. The van der Waals surface area contributed by atoms with E-state index in [-0.39, 0.29) is 6.54 Å². The van der Waals surface area contributed by atoms with Gasteiger partial charge in [-0.2, -0.15) is 0 Å². The fourth-order valence-electron chi connectivity index (χ4n) is 2.16. The van der Waals surface area contributed by atoms with E-state index in [1.807, 2.05) is 43.3 Å². The molecule has 0 spiro atoms. The molecule has 1 heterocycles. The molecule has 0 saturated carbocycles. The number of rotatable bonds is 4. The molecule has 1 aliphatic heterocycles. The highest BCUT2D eigenvalue weighted by molar-refractivity contribution is 8.18. The van der Waals surface area contributed by atoms with Gasteiger partial charge in [0.05, 0.1) is 4.91 Å². The first-order valence-corrected chi connectivity index (χ1v) is 8.63. The zero-order valence-corrected chi connectivity index (χ0v) is 15.8. The number of thioether (sulfide) groups is 1. The van der Waals surface area contributed by atoms with Gasteiger partial charge in [-0.15, -0.1) is 0 Å². The topological polar surface area (TPSA) is 66.9 Å². The Hall–Kier alpha value is -2.28. The highest BCUT2D eigenvalue weighted by Crippen LogP contribution is 2.32. The number of carbonyl (C=O) groups excluding carboxylic acids is 3. The van der Waals surface area contributed by atoms with Crippen molar-refractivity contribution in [1.29, 1.82) is 0 Å². The number of hydrogen-bond donors (Lipinski definition) is 0. The molecule has 1 aromatic rings. The standard InChI is InChI=1S/C18H22N2O4S/c1-18(2,3)24-15(21)11-20-16(22)14(25-17(20)23)10-12-6-8-13(9-7-12)19(4)5/h6-10H,11H2,1-5H3. The van der Waals surface area contributed by atoms with Crippen molar-refractivity contribution in [2.75, 3.05) is 25.5 Å². The van der Waals surface area contributed by atoms with Gasteiger partial charge in [0.15, 0.2) is 0 Å². The summed E-state index contributed by atoms with van der Waals surface area (Å²) in [4.78, 5) is 39.5. The van der Waals surface area contributed by atoms with Crippen molar-refractivity contribution < 1.29 is 19.1 Å². The smallest absolute Gasteiger partial charge is 0.326 e. The van der Waals surface area contributed by atoms with Crippen molar-refractivity contribution >= 4 is 40.6 Å². The molecular weight excluding hydrogens is 340 g/mol. The lowest BCUT2D eigenvalue weighted by molar-refractivity contribution is -0.156. The molecule has 0 radical (unpaired) electrons. The molecule has 0 aliphatic carbocycles. The molecule has 25 heavy (non-hydrogen) atoms. The van der Waals surface area contributed by atoms with E-state index in [1.165, 1.54) is 0 Å². The van der Waals surface area contributed by atoms with E-state index in [4.69, 9.17) is 4.74 Å². The van der Waals surface area contributed by atoms with Crippen molar-refractivity contribution in [2.45, 2.75) is 26.4 Å². The number of amides is 2. The summed E-state index contributed by atoms with van der Waals surface area (Å²) in [6.07, 6.45) is 1.65. The third-order valence-electron chi connectivity index (χ3n) is 3.29. The molecule has 134 valence electrons. The van der Waals surface area contributed by atoms with Crippen LogP contribution in [-0.2, 0) is 14.3 Å². The van der Waals surface area contributed by atoms with Crippen LogP contribution in [-0.4, -0.2) is 48.3 Å². The Morgan fingerprint density at radius 1 is 1.20 bits per heavy atom. The molecule has 0 bridgehead atoms. The van der Waals surface area contributed by atoms with Gasteiger partial charge < -0.3 is 9.64 Å². The maximum Gasteiger partial charge on any atom is 0.326 e. The summed E-state index contributed by atoms with van der Waals surface area (Å²) in [5.74, 6) is -1.08. The van der Waals surface area contributed by atoms with Crippen molar-refractivity contribution in [1.82, 2.24) is 4.90 Å². The Kier molecular flexibility index (Phi) is 5.57. The predicted octanol–water partition coefficient (Wildman–Crippen LogP) is 3.13. The Morgan fingerprint density at radius 3 is 2.32 bits per heavy atom. The second kappa shape index (κ2) is 7.31. The number of hydrogen-bond acceptors (Lipinski definition) is 6. The number of carbonyl (C=O) groups is 3. The van der Waals surface area contributed by atoms with Gasteiger partial charge in [-0.05, 0) is 56.3 Å². The highest BCUT2D eigenvalue weighted by atomic mass is 32.2. The number of esters is 1. The molecule has 0 unspecified atom stereocenters. The van der Waals surface area contributed by atoms with E-state index in [1.54, 1.807) is 26.8 Å². The normalized spacial score (nSPS) is 16.5. The molecule has 0 N–H and O–H groups in total. The van der Waals surface area contributed by atoms with E-state index in [0.717, 1.165) is 27.9 Å². The highest BCUT2D eigenvalue weighted by Gasteiger charge is 2.37. The first-order valence-electron chi connectivity index (χ1n) is 7.81. The summed E-state index contributed by atoms with van der Waals surface area (Å²) in [7, 11) is 3.88. The zero-order valence-electron chi connectivity index (χ0n) is 15.0. The largest absolute Gasteiger partial charge is 0.459 e. The Labute approximate surface area is 151 Å². The van der Waals surface area contributed by atoms with Gasteiger partial charge in [0, 0.05) is 19.8 Å². The van der Waals surface area contributed by atoms with Gasteiger partial charge in [0.25, 0.3) is 11.1 Å². The molecule has 0 atom stereocenters. The van der Waals surface area contributed by atoms with Gasteiger partial charge in [-0.1, -0.05) is 12.1 Å². The van der Waals surface area contributed by atoms with Gasteiger partial charge in [0.2, 0.25) is 0 Å². The van der Waals surface area contributed by atoms with Crippen molar-refractivity contribution in [2.24, 2.45) is 0 Å². The molecule has 0 aromatic heterocycles. The van der Waals surface area contributed by atoms with Crippen LogP contribution in [0.15, 0.2) is 29.2 Å². The molecule has 2 amide bonds. The minimum atomic E-state index is -0.664. The molecule has 2 rings (SSSR count). The molecule has 7 heteroatoms. The van der Waals surface area contributed by atoms with Crippen LogP contribution < -0.4 is 4.90 Å². The van der Waals surface area contributed by atoms with Gasteiger partial charge in [0.1, 0.15) is 12.1 Å². The lowest BCUT2D eigenvalue weighted by Crippen LogP contribution is -2.37. The summed E-state index contributed by atoms with van der Waals surface area (Å²) in [5.41, 5.74) is 1.19. The van der Waals surface area contributed by atoms with Crippen molar-refractivity contribution in [3.05, 3.63) is 34.7 Å². The van der Waals surface area contributed by atoms with Gasteiger partial charge in [-0.25, -0.2) is 0 Å². The van der Waals surface area contributed by atoms with E-state index in [9.17, 15) is 14.4 Å². The fraction of sp³-hybridized carbons (Fsp3) is 0.389. The average Bonchev–Trinajstić information content (AvgIpc) is 2.73.